The number of anilines is 1. The normalized spacial score (nSPS) is 20.6. The zero-order valence-electron chi connectivity index (χ0n) is 11.7. The number of terminal acetylenes is 1. The van der Waals surface area contributed by atoms with Gasteiger partial charge in [0.15, 0.2) is 4.87 Å². The molecule has 1 aliphatic heterocycles. The molecule has 1 heterocycles. The maximum absolute atomic E-state index is 12.8. The van der Waals surface area contributed by atoms with Gasteiger partial charge >= 0.3 is 0 Å². The van der Waals surface area contributed by atoms with E-state index in [4.69, 9.17) is 18.0 Å². The lowest BCUT2D eigenvalue weighted by Gasteiger charge is -2.20. The molecule has 0 radical (unpaired) electrons. The number of hydrogen-bond acceptors (Lipinski definition) is 2. The van der Waals surface area contributed by atoms with Gasteiger partial charge < -0.3 is 0 Å². The SMILES string of the molecule is C#CC[C@@]1(Cl)C(=O)N(c2ccccc2)N=C1c1ccccc1. The highest BCUT2D eigenvalue weighted by molar-refractivity contribution is 6.53. The zero-order valence-corrected chi connectivity index (χ0v) is 12.5. The predicted molar refractivity (Wildman–Crippen MR) is 88.9 cm³/mol. The second-order valence-corrected chi connectivity index (χ2v) is 5.59. The molecule has 0 unspecified atom stereocenters. The van der Waals surface area contributed by atoms with E-state index < -0.39 is 4.87 Å². The summed E-state index contributed by atoms with van der Waals surface area (Å²) < 4.78 is 0. The van der Waals surface area contributed by atoms with Crippen LogP contribution in [0.25, 0.3) is 0 Å². The van der Waals surface area contributed by atoms with E-state index in [0.29, 0.717) is 11.4 Å². The van der Waals surface area contributed by atoms with Crippen molar-refractivity contribution in [3.63, 3.8) is 0 Å². The number of hydrazone groups is 1. The number of alkyl halides is 1. The first kappa shape index (κ1) is 14.4. The van der Waals surface area contributed by atoms with Gasteiger partial charge in [0.05, 0.1) is 5.69 Å². The Labute approximate surface area is 134 Å². The van der Waals surface area contributed by atoms with E-state index in [2.05, 4.69) is 11.0 Å². The van der Waals surface area contributed by atoms with E-state index in [0.717, 1.165) is 5.56 Å². The highest BCUT2D eigenvalue weighted by Gasteiger charge is 2.50. The molecule has 0 N–H and O–H groups in total. The van der Waals surface area contributed by atoms with Gasteiger partial charge in [0.2, 0.25) is 0 Å². The van der Waals surface area contributed by atoms with Crippen LogP contribution in [0.15, 0.2) is 65.8 Å². The molecule has 1 aliphatic rings. The first-order chi connectivity index (χ1) is 10.7. The summed E-state index contributed by atoms with van der Waals surface area (Å²) in [6, 6.07) is 18.6. The summed E-state index contributed by atoms with van der Waals surface area (Å²) in [5.41, 5.74) is 1.95. The summed E-state index contributed by atoms with van der Waals surface area (Å²) >= 11 is 6.60. The molecular formula is C18H13ClN2O. The molecule has 0 bridgehead atoms. The third-order valence-electron chi connectivity index (χ3n) is 3.50. The fraction of sp³-hybridized carbons (Fsp3) is 0.111. The number of amides is 1. The monoisotopic (exact) mass is 308 g/mol. The Morgan fingerprint density at radius 3 is 2.27 bits per heavy atom. The fourth-order valence-electron chi connectivity index (χ4n) is 2.42. The number of benzene rings is 2. The molecule has 108 valence electrons. The van der Waals surface area contributed by atoms with E-state index in [1.807, 2.05) is 60.7 Å². The third-order valence-corrected chi connectivity index (χ3v) is 3.97. The Hall–Kier alpha value is -2.57. The molecule has 2 aromatic carbocycles. The number of halogens is 1. The number of hydrogen-bond donors (Lipinski definition) is 0. The smallest absolute Gasteiger partial charge is 0.270 e. The van der Waals surface area contributed by atoms with Crippen LogP contribution in [0, 0.1) is 12.3 Å². The molecule has 0 fully saturated rings. The van der Waals surface area contributed by atoms with Gasteiger partial charge in [-0.25, -0.2) is 0 Å². The summed E-state index contributed by atoms with van der Waals surface area (Å²) in [5.74, 6) is 2.17. The lowest BCUT2D eigenvalue weighted by molar-refractivity contribution is -0.118. The predicted octanol–water partition coefficient (Wildman–Crippen LogP) is 3.44. The van der Waals surface area contributed by atoms with Gasteiger partial charge in [0, 0.05) is 12.0 Å². The van der Waals surface area contributed by atoms with E-state index in [1.54, 1.807) is 0 Å². The summed E-state index contributed by atoms with van der Waals surface area (Å²) in [5, 5.41) is 5.78. The minimum absolute atomic E-state index is 0.0877. The number of nitrogens with zero attached hydrogens (tertiary/aromatic N) is 2. The lowest BCUT2D eigenvalue weighted by Crippen LogP contribution is -2.41. The number of rotatable bonds is 3. The van der Waals surface area contributed by atoms with Crippen molar-refractivity contribution in [3.05, 3.63) is 66.2 Å². The van der Waals surface area contributed by atoms with Crippen LogP contribution >= 0.6 is 11.6 Å². The van der Waals surface area contributed by atoms with Crippen LogP contribution in [0.3, 0.4) is 0 Å². The van der Waals surface area contributed by atoms with E-state index in [9.17, 15) is 4.79 Å². The summed E-state index contributed by atoms with van der Waals surface area (Å²) in [6.45, 7) is 0. The van der Waals surface area contributed by atoms with Crippen molar-refractivity contribution in [2.24, 2.45) is 5.10 Å². The van der Waals surface area contributed by atoms with Crippen LogP contribution in [-0.2, 0) is 4.79 Å². The average Bonchev–Trinajstić information content (AvgIpc) is 2.82. The van der Waals surface area contributed by atoms with Gasteiger partial charge in [-0.05, 0) is 12.1 Å². The molecule has 3 rings (SSSR count). The number of carbonyl (C=O) groups is 1. The average molecular weight is 309 g/mol. The molecule has 0 spiro atoms. The van der Waals surface area contributed by atoms with Gasteiger partial charge in [-0.15, -0.1) is 23.9 Å². The lowest BCUT2D eigenvalue weighted by atomic mass is 9.93. The van der Waals surface area contributed by atoms with Crippen molar-refractivity contribution in [2.45, 2.75) is 11.3 Å². The summed E-state index contributed by atoms with van der Waals surface area (Å²) in [4.78, 5) is 11.5. The number of para-hydroxylation sites is 1. The van der Waals surface area contributed by atoms with Gasteiger partial charge in [0.1, 0.15) is 5.71 Å². The Balaban J connectivity index is 2.11. The first-order valence-electron chi connectivity index (χ1n) is 6.83. The topological polar surface area (TPSA) is 32.7 Å². The highest BCUT2D eigenvalue weighted by atomic mass is 35.5. The van der Waals surface area contributed by atoms with Crippen molar-refractivity contribution in [3.8, 4) is 12.3 Å². The van der Waals surface area contributed by atoms with Crippen LogP contribution < -0.4 is 5.01 Å². The highest BCUT2D eigenvalue weighted by Crippen LogP contribution is 2.36. The molecule has 2 aromatic rings. The van der Waals surface area contributed by atoms with Crippen LogP contribution in [0.2, 0.25) is 0 Å². The zero-order chi connectivity index (χ0) is 15.6. The van der Waals surface area contributed by atoms with Gasteiger partial charge in [-0.2, -0.15) is 10.1 Å². The molecule has 4 heteroatoms. The van der Waals surface area contributed by atoms with Crippen LogP contribution in [-0.4, -0.2) is 16.5 Å². The van der Waals surface area contributed by atoms with Crippen molar-refractivity contribution in [1.29, 1.82) is 0 Å². The minimum atomic E-state index is -1.33. The van der Waals surface area contributed by atoms with Gasteiger partial charge in [-0.3, -0.25) is 4.79 Å². The van der Waals surface area contributed by atoms with E-state index in [1.165, 1.54) is 5.01 Å². The van der Waals surface area contributed by atoms with Crippen LogP contribution in [0.4, 0.5) is 5.69 Å². The fourth-order valence-corrected chi connectivity index (χ4v) is 2.72. The summed E-state index contributed by atoms with van der Waals surface area (Å²) in [6.07, 6.45) is 5.51. The molecule has 3 nitrogen and oxygen atoms in total. The standard InChI is InChI=1S/C18H13ClN2O/c1-2-13-18(19)16(14-9-5-3-6-10-14)20-21(17(18)22)15-11-7-4-8-12-15/h1,3-12H,13H2/t18-/m0/s1. The molecule has 0 saturated carbocycles. The minimum Gasteiger partial charge on any atom is -0.270 e. The van der Waals surface area contributed by atoms with Gasteiger partial charge in [0.25, 0.3) is 5.91 Å². The maximum atomic E-state index is 12.8. The van der Waals surface area contributed by atoms with Crippen molar-refractivity contribution < 1.29 is 4.79 Å². The van der Waals surface area contributed by atoms with Gasteiger partial charge in [-0.1, -0.05) is 48.5 Å². The van der Waals surface area contributed by atoms with Crippen molar-refractivity contribution in [2.75, 3.05) is 5.01 Å². The molecule has 0 saturated heterocycles. The molecule has 22 heavy (non-hydrogen) atoms. The second-order valence-electron chi connectivity index (χ2n) is 4.95. The van der Waals surface area contributed by atoms with E-state index in [-0.39, 0.29) is 12.3 Å². The van der Waals surface area contributed by atoms with Crippen molar-refractivity contribution >= 4 is 28.9 Å². The molecule has 0 aromatic heterocycles. The van der Waals surface area contributed by atoms with Crippen molar-refractivity contribution in [1.82, 2.24) is 0 Å². The maximum Gasteiger partial charge on any atom is 0.275 e. The molecular weight excluding hydrogens is 296 g/mol. The Morgan fingerprint density at radius 2 is 1.68 bits per heavy atom. The first-order valence-corrected chi connectivity index (χ1v) is 7.21. The molecule has 1 amide bonds. The third kappa shape index (κ3) is 2.28. The second kappa shape index (κ2) is 5.67. The Morgan fingerprint density at radius 1 is 1.09 bits per heavy atom. The quantitative estimate of drug-likeness (QED) is 0.631. The number of carbonyl (C=O) groups excluding carboxylic acids is 1. The van der Waals surface area contributed by atoms with E-state index >= 15 is 0 Å². The molecule has 1 atom stereocenters. The Bertz CT molecular complexity index is 765. The van der Waals surface area contributed by atoms with Crippen LogP contribution in [0.1, 0.15) is 12.0 Å². The Kier molecular flexibility index (Phi) is 3.70. The largest absolute Gasteiger partial charge is 0.275 e. The summed E-state index contributed by atoms with van der Waals surface area (Å²) in [7, 11) is 0. The van der Waals surface area contributed by atoms with Crippen LogP contribution in [0.5, 0.6) is 0 Å². The molecule has 0 aliphatic carbocycles.